The molecule has 0 aliphatic carbocycles. The first kappa shape index (κ1) is 12.1. The van der Waals surface area contributed by atoms with Gasteiger partial charge in [0.05, 0.1) is 11.4 Å². The number of benzene rings is 1. The fourth-order valence-corrected chi connectivity index (χ4v) is 2.68. The molecule has 21 heavy (non-hydrogen) atoms. The van der Waals surface area contributed by atoms with E-state index in [4.69, 9.17) is 4.42 Å². The highest BCUT2D eigenvalue weighted by Gasteiger charge is 2.12. The molecule has 3 heteroatoms. The van der Waals surface area contributed by atoms with Crippen molar-refractivity contribution in [2.45, 2.75) is 13.8 Å². The van der Waals surface area contributed by atoms with Gasteiger partial charge in [0.2, 0.25) is 5.71 Å². The predicted molar refractivity (Wildman–Crippen MR) is 84.2 cm³/mol. The fraction of sp³-hybridized carbons (Fsp3) is 0.111. The molecule has 102 valence electrons. The first-order chi connectivity index (χ1) is 10.2. The van der Waals surface area contributed by atoms with Gasteiger partial charge in [0.15, 0.2) is 0 Å². The highest BCUT2D eigenvalue weighted by Crippen LogP contribution is 2.32. The lowest BCUT2D eigenvalue weighted by Gasteiger charge is -2.05. The van der Waals surface area contributed by atoms with E-state index in [9.17, 15) is 0 Å². The lowest BCUT2D eigenvalue weighted by molar-refractivity contribution is 0.653. The molecule has 0 saturated carbocycles. The van der Waals surface area contributed by atoms with Crippen LogP contribution in [0.1, 0.15) is 11.3 Å². The van der Waals surface area contributed by atoms with Crippen LogP contribution in [-0.2, 0) is 0 Å². The van der Waals surface area contributed by atoms with E-state index in [-0.39, 0.29) is 0 Å². The lowest BCUT2D eigenvalue weighted by atomic mass is 10.1. The Balaban J connectivity index is 2.05. The van der Waals surface area contributed by atoms with Crippen LogP contribution in [0.25, 0.3) is 33.3 Å². The van der Waals surface area contributed by atoms with Gasteiger partial charge in [-0.05, 0) is 43.7 Å². The van der Waals surface area contributed by atoms with Crippen molar-refractivity contribution < 1.29 is 4.42 Å². The maximum atomic E-state index is 5.82. The molecule has 1 aromatic carbocycles. The number of hydrogen-bond acceptors (Lipinski definition) is 3. The number of furan rings is 1. The molecular weight excluding hydrogens is 260 g/mol. The van der Waals surface area contributed by atoms with Crippen LogP contribution in [0.4, 0.5) is 0 Å². The molecule has 0 spiro atoms. The number of rotatable bonds is 1. The van der Waals surface area contributed by atoms with E-state index in [2.05, 4.69) is 35.1 Å². The van der Waals surface area contributed by atoms with Crippen LogP contribution in [0.3, 0.4) is 0 Å². The van der Waals surface area contributed by atoms with Crippen LogP contribution < -0.4 is 0 Å². The lowest BCUT2D eigenvalue weighted by Crippen LogP contribution is -1.91. The molecule has 0 aliphatic heterocycles. The van der Waals surface area contributed by atoms with Crippen molar-refractivity contribution in [2.24, 2.45) is 0 Å². The Labute approximate surface area is 122 Å². The Bertz CT molecular complexity index is 969. The number of nitrogens with zero attached hydrogens (tertiary/aromatic N) is 2. The van der Waals surface area contributed by atoms with E-state index in [0.717, 1.165) is 33.3 Å². The van der Waals surface area contributed by atoms with Crippen molar-refractivity contribution in [3.63, 3.8) is 0 Å². The summed E-state index contributed by atoms with van der Waals surface area (Å²) >= 11 is 0. The van der Waals surface area contributed by atoms with Gasteiger partial charge in [-0.25, -0.2) is 4.98 Å². The maximum absolute atomic E-state index is 5.82. The summed E-state index contributed by atoms with van der Waals surface area (Å²) in [4.78, 5) is 9.08. The normalized spacial score (nSPS) is 11.3. The third-order valence-electron chi connectivity index (χ3n) is 3.75. The van der Waals surface area contributed by atoms with E-state index in [1.807, 2.05) is 37.4 Å². The Kier molecular flexibility index (Phi) is 2.54. The summed E-state index contributed by atoms with van der Waals surface area (Å²) in [5.74, 6) is 0. The van der Waals surface area contributed by atoms with Crippen molar-refractivity contribution in [3.05, 3.63) is 59.9 Å². The SMILES string of the molecule is Cc1ccnc(-c2cc3c(nc2C)oc2ccccc23)c1. The fourth-order valence-electron chi connectivity index (χ4n) is 2.68. The second-order valence-corrected chi connectivity index (χ2v) is 5.29. The van der Waals surface area contributed by atoms with Crippen molar-refractivity contribution in [1.82, 2.24) is 9.97 Å². The molecule has 3 heterocycles. The Morgan fingerprint density at radius 3 is 2.67 bits per heavy atom. The third kappa shape index (κ3) is 1.89. The molecule has 0 bridgehead atoms. The summed E-state index contributed by atoms with van der Waals surface area (Å²) in [5, 5.41) is 2.13. The average molecular weight is 274 g/mol. The standard InChI is InChI=1S/C18H14N2O/c1-11-7-8-19-16(9-11)14-10-15-13-5-3-4-6-17(13)21-18(15)20-12(14)2/h3-10H,1-2H3. The summed E-state index contributed by atoms with van der Waals surface area (Å²) in [6.07, 6.45) is 1.84. The van der Waals surface area contributed by atoms with Gasteiger partial charge in [-0.2, -0.15) is 0 Å². The molecular formula is C18H14N2O. The van der Waals surface area contributed by atoms with Crippen LogP contribution in [0.15, 0.2) is 53.1 Å². The van der Waals surface area contributed by atoms with E-state index in [1.54, 1.807) is 0 Å². The van der Waals surface area contributed by atoms with Crippen molar-refractivity contribution in [3.8, 4) is 11.3 Å². The highest BCUT2D eigenvalue weighted by atomic mass is 16.3. The van der Waals surface area contributed by atoms with Gasteiger partial charge in [0.1, 0.15) is 5.58 Å². The summed E-state index contributed by atoms with van der Waals surface area (Å²) in [7, 11) is 0. The summed E-state index contributed by atoms with van der Waals surface area (Å²) in [6.45, 7) is 4.06. The third-order valence-corrected chi connectivity index (χ3v) is 3.75. The molecule has 4 aromatic rings. The zero-order valence-corrected chi connectivity index (χ0v) is 11.9. The number of aryl methyl sites for hydroxylation is 2. The van der Waals surface area contributed by atoms with Crippen LogP contribution >= 0.6 is 0 Å². The van der Waals surface area contributed by atoms with Gasteiger partial charge in [-0.3, -0.25) is 4.98 Å². The van der Waals surface area contributed by atoms with Gasteiger partial charge < -0.3 is 4.42 Å². The zero-order valence-electron chi connectivity index (χ0n) is 11.9. The molecule has 0 radical (unpaired) electrons. The first-order valence-electron chi connectivity index (χ1n) is 6.94. The molecule has 3 aromatic heterocycles. The Hall–Kier alpha value is -2.68. The first-order valence-corrected chi connectivity index (χ1v) is 6.94. The van der Waals surface area contributed by atoms with Crippen LogP contribution in [-0.4, -0.2) is 9.97 Å². The Morgan fingerprint density at radius 1 is 0.952 bits per heavy atom. The minimum atomic E-state index is 0.685. The van der Waals surface area contributed by atoms with Crippen molar-refractivity contribution >= 4 is 22.1 Å². The molecule has 0 N–H and O–H groups in total. The minimum absolute atomic E-state index is 0.685. The summed E-state index contributed by atoms with van der Waals surface area (Å²) in [6, 6.07) is 14.2. The Morgan fingerprint density at radius 2 is 1.81 bits per heavy atom. The predicted octanol–water partition coefficient (Wildman–Crippen LogP) is 4.66. The van der Waals surface area contributed by atoms with Gasteiger partial charge in [-0.15, -0.1) is 0 Å². The largest absolute Gasteiger partial charge is 0.438 e. The average Bonchev–Trinajstić information content (AvgIpc) is 2.83. The van der Waals surface area contributed by atoms with Gasteiger partial charge in [0, 0.05) is 22.5 Å². The van der Waals surface area contributed by atoms with E-state index in [0.29, 0.717) is 5.71 Å². The molecule has 0 unspecified atom stereocenters. The highest BCUT2D eigenvalue weighted by molar-refractivity contribution is 6.04. The minimum Gasteiger partial charge on any atom is -0.438 e. The van der Waals surface area contributed by atoms with Gasteiger partial charge >= 0.3 is 0 Å². The molecule has 0 amide bonds. The molecule has 0 fully saturated rings. The molecule has 0 aliphatic rings. The van der Waals surface area contributed by atoms with Gasteiger partial charge in [0.25, 0.3) is 0 Å². The van der Waals surface area contributed by atoms with Crippen LogP contribution in [0, 0.1) is 13.8 Å². The number of aromatic nitrogens is 2. The maximum Gasteiger partial charge on any atom is 0.227 e. The number of fused-ring (bicyclic) bond motifs is 3. The number of hydrogen-bond donors (Lipinski definition) is 0. The van der Waals surface area contributed by atoms with Crippen LogP contribution in [0.2, 0.25) is 0 Å². The second-order valence-electron chi connectivity index (χ2n) is 5.29. The summed E-state index contributed by atoms with van der Waals surface area (Å²) in [5.41, 5.74) is 5.68. The second kappa shape index (κ2) is 4.42. The van der Waals surface area contributed by atoms with E-state index < -0.39 is 0 Å². The van der Waals surface area contributed by atoms with Gasteiger partial charge in [-0.1, -0.05) is 18.2 Å². The van der Waals surface area contributed by atoms with Crippen LogP contribution in [0.5, 0.6) is 0 Å². The smallest absolute Gasteiger partial charge is 0.227 e. The molecule has 0 atom stereocenters. The van der Waals surface area contributed by atoms with E-state index in [1.165, 1.54) is 5.56 Å². The number of pyridine rings is 2. The molecule has 0 saturated heterocycles. The molecule has 3 nitrogen and oxygen atoms in total. The monoisotopic (exact) mass is 274 g/mol. The molecule has 4 rings (SSSR count). The topological polar surface area (TPSA) is 38.9 Å². The quantitative estimate of drug-likeness (QED) is 0.506. The van der Waals surface area contributed by atoms with E-state index >= 15 is 0 Å². The van der Waals surface area contributed by atoms with Crippen molar-refractivity contribution in [1.29, 1.82) is 0 Å². The number of para-hydroxylation sites is 1. The summed E-state index contributed by atoms with van der Waals surface area (Å²) < 4.78 is 5.82. The zero-order chi connectivity index (χ0) is 14.4. The van der Waals surface area contributed by atoms with Crippen molar-refractivity contribution in [2.75, 3.05) is 0 Å².